The van der Waals surface area contributed by atoms with Gasteiger partial charge in [0.2, 0.25) is 0 Å². The Hall–Kier alpha value is -3.84. The fraction of sp³-hybridized carbons (Fsp3) is 0.531. The first kappa shape index (κ1) is 29.8. The van der Waals surface area contributed by atoms with E-state index in [1.165, 1.54) is 17.4 Å². The van der Waals surface area contributed by atoms with Gasteiger partial charge in [0.05, 0.1) is 24.6 Å². The average molecular weight is 637 g/mol. The number of hydrogen-bond acceptors (Lipinski definition) is 9. The van der Waals surface area contributed by atoms with E-state index in [2.05, 4.69) is 15.2 Å². The number of fused-ring (bicyclic) bond motifs is 2. The monoisotopic (exact) mass is 636 g/mol. The van der Waals surface area contributed by atoms with Crippen molar-refractivity contribution in [1.29, 1.82) is 0 Å². The molecule has 3 aliphatic carbocycles. The van der Waals surface area contributed by atoms with E-state index in [0.717, 1.165) is 25.7 Å². The number of aliphatic carboxylic acids is 1. The molecule has 2 N–H and O–H groups in total. The number of amides is 2. The molecule has 1 aromatic heterocycles. The van der Waals surface area contributed by atoms with Crippen LogP contribution >= 0.6 is 11.3 Å². The van der Waals surface area contributed by atoms with E-state index < -0.39 is 18.0 Å². The molecule has 13 heteroatoms. The van der Waals surface area contributed by atoms with Crippen molar-refractivity contribution in [3.63, 3.8) is 0 Å². The third kappa shape index (κ3) is 5.09. The number of carboxylic acid groups (broad SMARTS) is 1. The molecule has 3 aliphatic heterocycles. The number of ether oxygens (including phenoxy) is 1. The van der Waals surface area contributed by atoms with Gasteiger partial charge < -0.3 is 25.0 Å². The molecule has 2 amide bonds. The second kappa shape index (κ2) is 11.2. The number of nitrogens with zero attached hydrogens (tertiary/aromatic N) is 5. The Bertz CT molecular complexity index is 1600. The average Bonchev–Trinajstić information content (AvgIpc) is 3.78. The molecule has 5 fully saturated rings. The maximum atomic E-state index is 14.8. The van der Waals surface area contributed by atoms with Gasteiger partial charge in [-0.2, -0.15) is 0 Å². The van der Waals surface area contributed by atoms with Crippen molar-refractivity contribution in [3.8, 4) is 0 Å². The smallest absolute Gasteiger partial charge is 0.338 e. The lowest BCUT2D eigenvalue weighted by Gasteiger charge is -2.51. The van der Waals surface area contributed by atoms with Crippen LogP contribution in [0.25, 0.3) is 0 Å². The molecule has 45 heavy (non-hydrogen) atoms. The highest BCUT2D eigenvalue weighted by Gasteiger charge is 2.66. The van der Waals surface area contributed by atoms with Gasteiger partial charge in [0.1, 0.15) is 11.9 Å². The number of amidine groups is 1. The molecular weight excluding hydrogens is 599 g/mol. The zero-order valence-corrected chi connectivity index (χ0v) is 26.2. The molecule has 2 bridgehead atoms. The quantitative estimate of drug-likeness (QED) is 0.399. The molecule has 238 valence electrons. The lowest BCUT2D eigenvalue weighted by atomic mass is 9.63. The number of benzene rings is 1. The lowest BCUT2D eigenvalue weighted by molar-refractivity contribution is -0.142. The van der Waals surface area contributed by atoms with E-state index in [1.807, 2.05) is 15.2 Å². The van der Waals surface area contributed by atoms with Crippen LogP contribution in [0.3, 0.4) is 0 Å². The summed E-state index contributed by atoms with van der Waals surface area (Å²) >= 11 is 1.42. The van der Waals surface area contributed by atoms with Crippen molar-refractivity contribution in [2.45, 2.75) is 63.6 Å². The highest BCUT2D eigenvalue weighted by atomic mass is 32.1. The van der Waals surface area contributed by atoms with Gasteiger partial charge in [-0.3, -0.25) is 14.7 Å². The van der Waals surface area contributed by atoms with E-state index in [9.17, 15) is 23.9 Å². The number of aliphatic imine (C=N–C) groups is 1. The summed E-state index contributed by atoms with van der Waals surface area (Å²) in [6.07, 6.45) is 5.10. The number of thiazole rings is 1. The van der Waals surface area contributed by atoms with Gasteiger partial charge >= 0.3 is 18.0 Å². The van der Waals surface area contributed by atoms with Crippen LogP contribution in [0.1, 0.15) is 61.2 Å². The number of carboxylic acids is 1. The Morgan fingerprint density at radius 3 is 2.78 bits per heavy atom. The molecule has 2 atom stereocenters. The number of aromatic nitrogens is 1. The van der Waals surface area contributed by atoms with E-state index >= 15 is 0 Å². The molecule has 2 aromatic rings. The fourth-order valence-electron chi connectivity index (χ4n) is 8.36. The van der Waals surface area contributed by atoms with E-state index in [-0.39, 0.29) is 41.9 Å². The molecule has 8 rings (SSSR count). The van der Waals surface area contributed by atoms with Crippen LogP contribution in [-0.4, -0.2) is 99.5 Å². The van der Waals surface area contributed by atoms with Crippen LogP contribution in [0, 0.1) is 18.2 Å². The van der Waals surface area contributed by atoms with Gasteiger partial charge in [-0.15, -0.1) is 11.3 Å². The highest BCUT2D eigenvalue weighted by molar-refractivity contribution is 7.11. The number of carbonyl (C=O) groups is 3. The lowest BCUT2D eigenvalue weighted by Crippen LogP contribution is -2.57. The van der Waals surface area contributed by atoms with Crippen LogP contribution in [0.4, 0.5) is 9.18 Å². The molecule has 1 aromatic carbocycles. The normalized spacial score (nSPS) is 29.3. The minimum atomic E-state index is -0.786. The first-order chi connectivity index (χ1) is 21.6. The highest BCUT2D eigenvalue weighted by Crippen LogP contribution is 2.66. The van der Waals surface area contributed by atoms with Crippen molar-refractivity contribution in [2.75, 3.05) is 39.3 Å². The van der Waals surface area contributed by atoms with Crippen LogP contribution < -0.4 is 5.32 Å². The molecule has 11 nitrogen and oxygen atoms in total. The van der Waals surface area contributed by atoms with Crippen LogP contribution in [-0.2, 0) is 14.3 Å². The third-order valence-electron chi connectivity index (χ3n) is 10.3. The van der Waals surface area contributed by atoms with Gasteiger partial charge in [-0.1, -0.05) is 12.1 Å². The minimum absolute atomic E-state index is 0.0145. The number of halogens is 1. The van der Waals surface area contributed by atoms with Gasteiger partial charge in [0, 0.05) is 55.5 Å². The second-order valence-electron chi connectivity index (χ2n) is 13.0. The molecule has 4 heterocycles. The Kier molecular flexibility index (Phi) is 7.43. The number of urea groups is 1. The van der Waals surface area contributed by atoms with E-state index in [0.29, 0.717) is 66.0 Å². The number of rotatable bonds is 9. The number of piperazine rings is 1. The topological polar surface area (TPSA) is 128 Å². The summed E-state index contributed by atoms with van der Waals surface area (Å²) in [6.45, 7) is 6.39. The molecule has 0 spiro atoms. The summed E-state index contributed by atoms with van der Waals surface area (Å²) < 4.78 is 20.3. The Morgan fingerprint density at radius 1 is 1.22 bits per heavy atom. The molecule has 6 aliphatic rings. The number of nitrogens with one attached hydrogen (secondary N) is 1. The maximum Gasteiger partial charge on any atom is 0.338 e. The van der Waals surface area contributed by atoms with Crippen molar-refractivity contribution < 1.29 is 28.6 Å². The predicted molar refractivity (Wildman–Crippen MR) is 164 cm³/mol. The summed E-state index contributed by atoms with van der Waals surface area (Å²) in [6, 6.07) is 4.06. The van der Waals surface area contributed by atoms with Crippen LogP contribution in [0.2, 0.25) is 0 Å². The first-order valence-electron chi connectivity index (χ1n) is 15.5. The van der Waals surface area contributed by atoms with Crippen LogP contribution in [0.15, 0.2) is 46.0 Å². The molecule has 3 saturated carbocycles. The second-order valence-corrected chi connectivity index (χ2v) is 13.9. The Morgan fingerprint density at radius 2 is 2.04 bits per heavy atom. The fourth-order valence-corrected chi connectivity index (χ4v) is 8.94. The molecule has 0 radical (unpaired) electrons. The molecule has 2 saturated heterocycles. The summed E-state index contributed by atoms with van der Waals surface area (Å²) in [7, 11) is 0. The maximum absolute atomic E-state index is 14.8. The number of esters is 1. The van der Waals surface area contributed by atoms with Crippen molar-refractivity contribution in [1.82, 2.24) is 25.0 Å². The Balaban J connectivity index is 1.15. The predicted octanol–water partition coefficient (Wildman–Crippen LogP) is 3.71. The van der Waals surface area contributed by atoms with E-state index in [4.69, 9.17) is 9.73 Å². The molecular formula is C32H37FN6O5S. The van der Waals surface area contributed by atoms with E-state index in [1.54, 1.807) is 32.2 Å². The zero-order valence-electron chi connectivity index (χ0n) is 25.4. The van der Waals surface area contributed by atoms with Crippen molar-refractivity contribution in [3.05, 3.63) is 63.0 Å². The summed E-state index contributed by atoms with van der Waals surface area (Å²) in [4.78, 5) is 54.2. The third-order valence-corrected chi connectivity index (χ3v) is 11.1. The first-order valence-corrected chi connectivity index (χ1v) is 16.4. The van der Waals surface area contributed by atoms with Crippen LogP contribution in [0.5, 0.6) is 0 Å². The van der Waals surface area contributed by atoms with Gasteiger partial charge in [0.15, 0.2) is 10.8 Å². The van der Waals surface area contributed by atoms with Gasteiger partial charge in [0.25, 0.3) is 0 Å². The minimum Gasteiger partial charge on any atom is -0.481 e. The summed E-state index contributed by atoms with van der Waals surface area (Å²) in [5.41, 5.74) is 1.57. The standard InChI is InChI=1S/C32H37FN6O5S/c1-3-44-29(42)25-23(35-27(28-34-9-12-45-28)36-26(25)21-5-4-6-22(33)19(21)2)16-37-10-11-38-20(14-37)15-39(30(38)43)32-8-7-31(17-32,18-32)13-24(40)41/h4-6,9,12,20,26H,3,7-8,10-11,13-18H2,1-2H3,(H,35,36)(H,40,41)/t20-,26-,31?,32?/m0/s1. The molecule has 0 unspecified atom stereocenters. The SMILES string of the molecule is CCOC(=O)C1=C(CN2CCN3C(=O)N(C45CCC(CC(=O)O)(C4)C5)C[C@@H]3C2)NC(c2nccs2)=N[C@H]1c1cccc(F)c1C. The van der Waals surface area contributed by atoms with Gasteiger partial charge in [-0.25, -0.2) is 19.0 Å². The Labute approximate surface area is 264 Å². The van der Waals surface area contributed by atoms with Gasteiger partial charge in [-0.05, 0) is 62.1 Å². The van der Waals surface area contributed by atoms with Crippen molar-refractivity contribution in [2.24, 2.45) is 10.4 Å². The summed E-state index contributed by atoms with van der Waals surface area (Å²) in [5.74, 6) is -1.14. The number of carbonyl (C=O) groups excluding carboxylic acids is 2. The zero-order chi connectivity index (χ0) is 31.5. The summed E-state index contributed by atoms with van der Waals surface area (Å²) in [5, 5.41) is 15.3. The largest absolute Gasteiger partial charge is 0.481 e. The number of hydrogen-bond donors (Lipinski definition) is 2. The van der Waals surface area contributed by atoms with Crippen molar-refractivity contribution >= 4 is 35.1 Å².